The van der Waals surface area contributed by atoms with Crippen molar-refractivity contribution in [2.45, 2.75) is 32.8 Å². The molecule has 7 nitrogen and oxygen atoms in total. The molecule has 174 valence electrons. The van der Waals surface area contributed by atoms with E-state index < -0.39 is 0 Å². The maximum Gasteiger partial charge on any atom is 0.231 e. The van der Waals surface area contributed by atoms with Gasteiger partial charge in [0.1, 0.15) is 5.82 Å². The minimum absolute atomic E-state index is 0.0992. The van der Waals surface area contributed by atoms with Crippen LogP contribution in [0.5, 0.6) is 0 Å². The van der Waals surface area contributed by atoms with Crippen molar-refractivity contribution in [3.05, 3.63) is 77.4 Å². The molecular weight excluding hydrogens is 421 g/mol. The predicted octanol–water partition coefficient (Wildman–Crippen LogP) is 4.81. The van der Waals surface area contributed by atoms with Crippen LogP contribution in [-0.2, 0) is 11.3 Å². The number of hydrogen-bond donors (Lipinski definition) is 2. The summed E-state index contributed by atoms with van der Waals surface area (Å²) in [5.74, 6) is 1.26. The monoisotopic (exact) mass is 451 g/mol. The van der Waals surface area contributed by atoms with Crippen LogP contribution < -0.4 is 5.73 Å². The third kappa shape index (κ3) is 6.49. The van der Waals surface area contributed by atoms with Gasteiger partial charge in [-0.2, -0.15) is 4.98 Å². The number of halogens is 1. The van der Waals surface area contributed by atoms with Gasteiger partial charge < -0.3 is 19.9 Å². The van der Waals surface area contributed by atoms with Crippen molar-refractivity contribution in [2.75, 3.05) is 20.2 Å². The quantitative estimate of drug-likeness (QED) is 0.426. The first kappa shape index (κ1) is 24.1. The molecule has 0 bridgehead atoms. The third-order valence-electron chi connectivity index (χ3n) is 5.58. The largest absolute Gasteiger partial charge is 0.380 e. The fraction of sp³-hybridized carbons (Fsp3) is 0.320. The Kier molecular flexibility index (Phi) is 8.32. The molecule has 4 rings (SSSR count). The number of rotatable bonds is 5. The van der Waals surface area contributed by atoms with Crippen LogP contribution in [-0.4, -0.2) is 41.2 Å². The molecule has 0 radical (unpaired) electrons. The average Bonchev–Trinajstić information content (AvgIpc) is 3.51. The SMILES string of the molecule is C/C=C(\C)c1ccc(-c2noc(C3CCN(C(=N)N)C3)n2)cc1.COCc1ccc(F)cc1. The molecule has 0 amide bonds. The summed E-state index contributed by atoms with van der Waals surface area (Å²) in [5.41, 5.74) is 9.88. The molecule has 1 aliphatic heterocycles. The molecule has 2 heterocycles. The fourth-order valence-corrected chi connectivity index (χ4v) is 3.50. The normalized spacial score (nSPS) is 15.8. The van der Waals surface area contributed by atoms with Crippen molar-refractivity contribution in [1.29, 1.82) is 5.41 Å². The van der Waals surface area contributed by atoms with Gasteiger partial charge >= 0.3 is 0 Å². The highest BCUT2D eigenvalue weighted by molar-refractivity contribution is 5.75. The highest BCUT2D eigenvalue weighted by atomic mass is 19.1. The van der Waals surface area contributed by atoms with Crippen LogP contribution in [0, 0.1) is 11.2 Å². The predicted molar refractivity (Wildman–Crippen MR) is 127 cm³/mol. The zero-order valence-electron chi connectivity index (χ0n) is 19.2. The van der Waals surface area contributed by atoms with Crippen molar-refractivity contribution in [3.63, 3.8) is 0 Å². The molecule has 3 N–H and O–H groups in total. The van der Waals surface area contributed by atoms with Gasteiger partial charge in [-0.25, -0.2) is 4.39 Å². The Morgan fingerprint density at radius 3 is 2.52 bits per heavy atom. The molecule has 3 aromatic rings. The first-order chi connectivity index (χ1) is 15.9. The summed E-state index contributed by atoms with van der Waals surface area (Å²) in [5, 5.41) is 11.6. The molecule has 1 atom stereocenters. The van der Waals surface area contributed by atoms with Crippen LogP contribution in [0.15, 0.2) is 59.1 Å². The van der Waals surface area contributed by atoms with Gasteiger partial charge in [0.25, 0.3) is 0 Å². The Morgan fingerprint density at radius 1 is 1.24 bits per heavy atom. The number of allylic oxidation sites excluding steroid dienone is 2. The van der Waals surface area contributed by atoms with E-state index in [2.05, 4.69) is 35.3 Å². The molecule has 8 heteroatoms. The first-order valence-electron chi connectivity index (χ1n) is 10.8. The van der Waals surface area contributed by atoms with Crippen LogP contribution in [0.3, 0.4) is 0 Å². The Labute approximate surface area is 193 Å². The Balaban J connectivity index is 0.000000257. The van der Waals surface area contributed by atoms with Crippen molar-refractivity contribution < 1.29 is 13.7 Å². The van der Waals surface area contributed by atoms with E-state index >= 15 is 0 Å². The Bertz CT molecular complexity index is 1080. The second-order valence-corrected chi connectivity index (χ2v) is 7.88. The number of nitrogens with one attached hydrogen (secondary N) is 1. The van der Waals surface area contributed by atoms with Gasteiger partial charge in [0.05, 0.1) is 12.5 Å². The molecule has 1 aliphatic rings. The Hall–Kier alpha value is -3.52. The van der Waals surface area contributed by atoms with Crippen molar-refractivity contribution in [2.24, 2.45) is 5.73 Å². The van der Waals surface area contributed by atoms with Crippen LogP contribution >= 0.6 is 0 Å². The van der Waals surface area contributed by atoms with Gasteiger partial charge in [-0.15, -0.1) is 0 Å². The number of benzene rings is 2. The number of aromatic nitrogens is 2. The number of ether oxygens (including phenoxy) is 1. The van der Waals surface area contributed by atoms with Gasteiger partial charge in [0.2, 0.25) is 11.7 Å². The second kappa shape index (κ2) is 11.4. The standard InChI is InChI=1S/C17H21N5O.C8H9FO/c1-3-11(2)12-4-6-13(7-5-12)15-20-16(23-21-15)14-8-9-22(10-14)17(18)19;1-10-6-7-2-4-8(9)5-3-7/h3-7,14H,8-10H2,1-2H3,(H3,18,19);2-5H,6H2,1H3/b11-3+;. The van der Waals surface area contributed by atoms with Crippen molar-refractivity contribution in [1.82, 2.24) is 15.0 Å². The highest BCUT2D eigenvalue weighted by Crippen LogP contribution is 2.28. The number of hydrogen-bond acceptors (Lipinski definition) is 5. The van der Waals surface area contributed by atoms with E-state index in [-0.39, 0.29) is 17.7 Å². The minimum Gasteiger partial charge on any atom is -0.380 e. The number of guanidine groups is 1. The lowest BCUT2D eigenvalue weighted by atomic mass is 10.1. The van der Waals surface area contributed by atoms with Gasteiger partial charge in [-0.05, 0) is 49.1 Å². The molecule has 1 aromatic heterocycles. The molecule has 0 spiro atoms. The smallest absolute Gasteiger partial charge is 0.231 e. The molecule has 1 fully saturated rings. The van der Waals surface area contributed by atoms with E-state index in [4.69, 9.17) is 20.4 Å². The molecule has 2 aromatic carbocycles. The second-order valence-electron chi connectivity index (χ2n) is 7.88. The number of methoxy groups -OCH3 is 1. The summed E-state index contributed by atoms with van der Waals surface area (Å²) >= 11 is 0. The lowest BCUT2D eigenvalue weighted by Gasteiger charge is -2.14. The maximum atomic E-state index is 12.3. The number of likely N-dealkylation sites (tertiary alicyclic amines) is 1. The van der Waals surface area contributed by atoms with E-state index in [0.717, 1.165) is 24.1 Å². The van der Waals surface area contributed by atoms with Crippen LogP contribution in [0.2, 0.25) is 0 Å². The summed E-state index contributed by atoms with van der Waals surface area (Å²) in [6.07, 6.45) is 2.96. The van der Waals surface area contributed by atoms with Gasteiger partial charge in [-0.3, -0.25) is 5.41 Å². The Morgan fingerprint density at radius 2 is 1.94 bits per heavy atom. The number of nitrogens with two attached hydrogens (primary N) is 1. The van der Waals surface area contributed by atoms with Crippen molar-refractivity contribution in [3.8, 4) is 11.4 Å². The lowest BCUT2D eigenvalue weighted by molar-refractivity contribution is 0.185. The summed E-state index contributed by atoms with van der Waals surface area (Å²) in [4.78, 5) is 6.34. The van der Waals surface area contributed by atoms with Gasteiger partial charge in [0.15, 0.2) is 5.96 Å². The van der Waals surface area contributed by atoms with Crippen molar-refractivity contribution >= 4 is 11.5 Å². The van der Waals surface area contributed by atoms with E-state index in [1.54, 1.807) is 19.2 Å². The van der Waals surface area contributed by atoms with E-state index in [1.165, 1.54) is 23.3 Å². The summed E-state index contributed by atoms with van der Waals surface area (Å²) in [7, 11) is 1.61. The molecule has 1 saturated heterocycles. The molecule has 0 saturated carbocycles. The highest BCUT2D eigenvalue weighted by Gasteiger charge is 2.29. The first-order valence-corrected chi connectivity index (χ1v) is 10.8. The summed E-state index contributed by atoms with van der Waals surface area (Å²) in [6.45, 7) is 6.08. The lowest BCUT2D eigenvalue weighted by Crippen LogP contribution is -2.34. The summed E-state index contributed by atoms with van der Waals surface area (Å²) in [6, 6.07) is 14.4. The molecular formula is C25H30FN5O2. The zero-order chi connectivity index (χ0) is 23.8. The van der Waals surface area contributed by atoms with Crippen LogP contribution in [0.4, 0.5) is 4.39 Å². The van der Waals surface area contributed by atoms with Crippen LogP contribution in [0.25, 0.3) is 17.0 Å². The molecule has 33 heavy (non-hydrogen) atoms. The van der Waals surface area contributed by atoms with E-state index in [1.807, 2.05) is 24.0 Å². The number of nitrogens with zero attached hydrogens (tertiary/aromatic N) is 3. The maximum absolute atomic E-state index is 12.3. The average molecular weight is 452 g/mol. The van der Waals surface area contributed by atoms with Gasteiger partial charge in [0, 0.05) is 25.8 Å². The summed E-state index contributed by atoms with van der Waals surface area (Å²) < 4.78 is 22.6. The third-order valence-corrected chi connectivity index (χ3v) is 5.58. The molecule has 0 aliphatic carbocycles. The van der Waals surface area contributed by atoms with Crippen LogP contribution in [0.1, 0.15) is 43.2 Å². The van der Waals surface area contributed by atoms with Gasteiger partial charge in [-0.1, -0.05) is 47.6 Å². The van der Waals surface area contributed by atoms with E-state index in [9.17, 15) is 4.39 Å². The molecule has 1 unspecified atom stereocenters. The minimum atomic E-state index is -0.208. The zero-order valence-corrected chi connectivity index (χ0v) is 19.2. The topological polar surface area (TPSA) is 101 Å². The fourth-order valence-electron chi connectivity index (χ4n) is 3.50. The van der Waals surface area contributed by atoms with E-state index in [0.29, 0.717) is 24.9 Å².